The Kier molecular flexibility index (Phi) is 7.09. The summed E-state index contributed by atoms with van der Waals surface area (Å²) in [6, 6.07) is 8.86. The van der Waals surface area contributed by atoms with Gasteiger partial charge in [0.15, 0.2) is 18.3 Å². The van der Waals surface area contributed by atoms with Crippen LogP contribution in [0.25, 0.3) is 10.8 Å². The van der Waals surface area contributed by atoms with Crippen molar-refractivity contribution in [1.29, 1.82) is 0 Å². The zero-order chi connectivity index (χ0) is 23.0. The molecule has 4 N–H and O–H groups in total. The number of aliphatic hydroxyl groups is 4. The van der Waals surface area contributed by atoms with Crippen molar-refractivity contribution in [1.82, 2.24) is 10.2 Å². The molecule has 0 amide bonds. The number of aliphatic hydroxyl groups excluding tert-OH is 4. The van der Waals surface area contributed by atoms with Gasteiger partial charge < -0.3 is 29.6 Å². The molecule has 0 spiro atoms. The Labute approximate surface area is 194 Å². The standard InChI is InChI=1S/C21H23ClN2O6PS/c1-31(2)16-6-5-13(29-16)21-24-23-15(32-21)8-11-7-10(3-4-12(11)22)20-19(28)18(27)17(26)14(9-25)30-20/h3-7,14,17-20,25-28H,1,8-9H2,2H3/q+1. The van der Waals surface area contributed by atoms with Crippen molar-refractivity contribution in [3.63, 3.8) is 0 Å². The topological polar surface area (TPSA) is 129 Å². The lowest BCUT2D eigenvalue weighted by Crippen LogP contribution is -2.55. The lowest BCUT2D eigenvalue weighted by Gasteiger charge is -2.40. The van der Waals surface area contributed by atoms with Gasteiger partial charge in [0, 0.05) is 17.5 Å². The Morgan fingerprint density at radius 3 is 2.59 bits per heavy atom. The van der Waals surface area contributed by atoms with Crippen LogP contribution >= 0.6 is 30.5 Å². The van der Waals surface area contributed by atoms with E-state index in [0.29, 0.717) is 27.8 Å². The molecule has 1 fully saturated rings. The van der Waals surface area contributed by atoms with E-state index in [0.717, 1.165) is 16.1 Å². The van der Waals surface area contributed by atoms with Gasteiger partial charge >= 0.3 is 5.50 Å². The Bertz CT molecular complexity index is 1120. The highest BCUT2D eigenvalue weighted by Crippen LogP contribution is 2.35. The van der Waals surface area contributed by atoms with Crippen LogP contribution in [0.4, 0.5) is 0 Å². The van der Waals surface area contributed by atoms with Crippen molar-refractivity contribution in [2.24, 2.45) is 0 Å². The first-order chi connectivity index (χ1) is 15.3. The maximum absolute atomic E-state index is 10.4. The van der Waals surface area contributed by atoms with Crippen LogP contribution in [0.2, 0.25) is 5.02 Å². The SMILES string of the molecule is C=[P+](C)c1ccc(-c2nnc(Cc3cc(C4OC(CO)C(O)C(O)C4O)ccc3Cl)s2)o1. The third-order valence-corrected chi connectivity index (χ3v) is 7.58. The van der Waals surface area contributed by atoms with E-state index in [1.807, 2.05) is 18.8 Å². The second kappa shape index (κ2) is 9.67. The van der Waals surface area contributed by atoms with Crippen molar-refractivity contribution < 1.29 is 29.6 Å². The van der Waals surface area contributed by atoms with Crippen LogP contribution < -0.4 is 5.50 Å². The molecule has 0 bridgehead atoms. The van der Waals surface area contributed by atoms with Crippen LogP contribution in [0.1, 0.15) is 22.2 Å². The highest BCUT2D eigenvalue weighted by atomic mass is 35.5. The molecular formula is C21H23ClN2O6PS+. The van der Waals surface area contributed by atoms with Crippen LogP contribution in [-0.2, 0) is 11.2 Å². The van der Waals surface area contributed by atoms with Gasteiger partial charge in [-0.3, -0.25) is 0 Å². The van der Waals surface area contributed by atoms with Gasteiger partial charge in [-0.25, -0.2) is 0 Å². The van der Waals surface area contributed by atoms with Crippen LogP contribution in [0.3, 0.4) is 0 Å². The summed E-state index contributed by atoms with van der Waals surface area (Å²) >= 11 is 7.78. The van der Waals surface area contributed by atoms with Gasteiger partial charge in [0.1, 0.15) is 42.2 Å². The summed E-state index contributed by atoms with van der Waals surface area (Å²) in [7, 11) is -0.586. The summed E-state index contributed by atoms with van der Waals surface area (Å²) in [5, 5.41) is 50.3. The fraction of sp³-hybridized carbons (Fsp3) is 0.381. The van der Waals surface area contributed by atoms with E-state index in [-0.39, 0.29) is 0 Å². The van der Waals surface area contributed by atoms with Gasteiger partial charge in [-0.15, -0.1) is 10.2 Å². The van der Waals surface area contributed by atoms with E-state index >= 15 is 0 Å². The lowest BCUT2D eigenvalue weighted by atomic mass is 9.90. The number of nitrogens with zero attached hydrogens (tertiary/aromatic N) is 2. The first-order valence-corrected chi connectivity index (χ1v) is 13.0. The largest absolute Gasteiger partial charge is 0.418 e. The van der Waals surface area contributed by atoms with Crippen LogP contribution in [0.15, 0.2) is 34.7 Å². The minimum atomic E-state index is -1.45. The monoisotopic (exact) mass is 497 g/mol. The fourth-order valence-corrected chi connectivity index (χ4v) is 5.11. The Hall–Kier alpha value is -1.68. The first-order valence-electron chi connectivity index (χ1n) is 9.84. The molecule has 1 aromatic carbocycles. The van der Waals surface area contributed by atoms with Crippen LogP contribution in [-0.4, -0.2) is 74.6 Å². The Morgan fingerprint density at radius 2 is 1.91 bits per heavy atom. The maximum Gasteiger partial charge on any atom is 0.302 e. The quantitative estimate of drug-likeness (QED) is 0.379. The van der Waals surface area contributed by atoms with Crippen LogP contribution in [0.5, 0.6) is 0 Å². The average molecular weight is 498 g/mol. The minimum absolute atomic E-state index is 0.394. The van der Waals surface area contributed by atoms with Crippen molar-refractivity contribution >= 4 is 42.3 Å². The Balaban J connectivity index is 1.56. The van der Waals surface area contributed by atoms with Gasteiger partial charge in [0.05, 0.1) is 12.9 Å². The number of furan rings is 1. The molecule has 1 aliphatic rings. The summed E-state index contributed by atoms with van der Waals surface area (Å²) in [5.74, 6) is 0.642. The van der Waals surface area contributed by atoms with E-state index in [2.05, 4.69) is 16.5 Å². The highest BCUT2D eigenvalue weighted by Gasteiger charge is 2.44. The van der Waals surface area contributed by atoms with E-state index in [4.69, 9.17) is 20.8 Å². The average Bonchev–Trinajstić information content (AvgIpc) is 3.44. The lowest BCUT2D eigenvalue weighted by molar-refractivity contribution is -0.231. The predicted octanol–water partition coefficient (Wildman–Crippen LogP) is 1.73. The number of rotatable bonds is 6. The maximum atomic E-state index is 10.4. The molecule has 6 unspecified atom stereocenters. The molecular weight excluding hydrogens is 475 g/mol. The molecule has 8 nitrogen and oxygen atoms in total. The van der Waals surface area contributed by atoms with Gasteiger partial charge in [-0.05, 0) is 23.3 Å². The molecule has 1 aliphatic heterocycles. The van der Waals surface area contributed by atoms with Crippen molar-refractivity contribution in [2.45, 2.75) is 36.9 Å². The molecule has 11 heteroatoms. The third-order valence-electron chi connectivity index (χ3n) is 5.28. The molecule has 0 radical (unpaired) electrons. The number of hydrogen-bond acceptors (Lipinski definition) is 9. The van der Waals surface area contributed by atoms with Crippen LogP contribution in [0, 0.1) is 0 Å². The zero-order valence-electron chi connectivity index (χ0n) is 17.1. The van der Waals surface area contributed by atoms with E-state index in [1.165, 1.54) is 11.3 Å². The highest BCUT2D eigenvalue weighted by molar-refractivity contribution is 7.62. The normalized spacial score (nSPS) is 26.3. The molecule has 1 saturated heterocycles. The van der Waals surface area contributed by atoms with Crippen molar-refractivity contribution in [3.8, 4) is 10.8 Å². The van der Waals surface area contributed by atoms with Gasteiger partial charge in [-0.2, -0.15) is 0 Å². The smallest absolute Gasteiger partial charge is 0.302 e. The first kappa shape index (κ1) is 23.5. The van der Waals surface area contributed by atoms with E-state index < -0.39 is 44.7 Å². The van der Waals surface area contributed by atoms with Gasteiger partial charge in [-0.1, -0.05) is 35.1 Å². The van der Waals surface area contributed by atoms with E-state index in [9.17, 15) is 20.4 Å². The summed E-state index contributed by atoms with van der Waals surface area (Å²) < 4.78 is 11.5. The molecule has 6 atom stereocenters. The summed E-state index contributed by atoms with van der Waals surface area (Å²) in [4.78, 5) is 0. The second-order valence-corrected chi connectivity index (χ2v) is 10.9. The number of halogens is 1. The molecule has 4 rings (SSSR count). The zero-order valence-corrected chi connectivity index (χ0v) is 19.6. The van der Waals surface area contributed by atoms with Gasteiger partial charge in [0.25, 0.3) is 0 Å². The second-order valence-electron chi connectivity index (χ2n) is 7.61. The molecule has 170 valence electrons. The third kappa shape index (κ3) is 4.66. The molecule has 0 saturated carbocycles. The molecule has 3 aromatic rings. The summed E-state index contributed by atoms with van der Waals surface area (Å²) in [5.41, 5.74) is 2.13. The molecule has 2 aromatic heterocycles. The number of benzene rings is 1. The molecule has 0 aliphatic carbocycles. The van der Waals surface area contributed by atoms with Crippen molar-refractivity contribution in [2.75, 3.05) is 13.3 Å². The fourth-order valence-electron chi connectivity index (χ4n) is 3.52. The Morgan fingerprint density at radius 1 is 1.12 bits per heavy atom. The minimum Gasteiger partial charge on any atom is -0.418 e. The number of hydrogen-bond donors (Lipinski definition) is 4. The van der Waals surface area contributed by atoms with Gasteiger partial charge in [0.2, 0.25) is 0 Å². The number of aromatic nitrogens is 2. The van der Waals surface area contributed by atoms with E-state index in [1.54, 1.807) is 18.2 Å². The molecule has 32 heavy (non-hydrogen) atoms. The summed E-state index contributed by atoms with van der Waals surface area (Å²) in [6.07, 6.45) is -1.73. The summed E-state index contributed by atoms with van der Waals surface area (Å²) in [6.45, 7) is 1.52. The number of ether oxygens (including phenoxy) is 1. The molecule has 3 heterocycles. The predicted molar refractivity (Wildman–Crippen MR) is 124 cm³/mol. The van der Waals surface area contributed by atoms with Crippen molar-refractivity contribution in [3.05, 3.63) is 51.5 Å².